The summed E-state index contributed by atoms with van der Waals surface area (Å²) in [5, 5.41) is 9.44. The van der Waals surface area contributed by atoms with Gasteiger partial charge >= 0.3 is 5.97 Å². The minimum absolute atomic E-state index is 0.0235. The molecule has 2 aliphatic heterocycles. The lowest BCUT2D eigenvalue weighted by Crippen LogP contribution is -2.51. The zero-order valence-electron chi connectivity index (χ0n) is 14.0. The monoisotopic (exact) mass is 342 g/mol. The molecule has 4 rings (SSSR count). The number of pyridine rings is 1. The normalized spacial score (nSPS) is 30.6. The molecule has 1 fully saturated rings. The summed E-state index contributed by atoms with van der Waals surface area (Å²) in [5.41, 5.74) is 1.02. The van der Waals surface area contributed by atoms with Gasteiger partial charge in [0.1, 0.15) is 0 Å². The Hall–Kier alpha value is -2.37. The first kappa shape index (κ1) is 16.1. The van der Waals surface area contributed by atoms with Gasteiger partial charge in [-0.05, 0) is 31.2 Å². The molecule has 132 valence electrons. The van der Waals surface area contributed by atoms with Gasteiger partial charge in [0.2, 0.25) is 5.91 Å². The minimum Gasteiger partial charge on any atom is -0.481 e. The molecule has 0 radical (unpaired) electrons. The Labute approximate surface area is 145 Å². The van der Waals surface area contributed by atoms with Crippen LogP contribution in [0.15, 0.2) is 35.1 Å². The van der Waals surface area contributed by atoms with Crippen molar-refractivity contribution in [2.45, 2.75) is 31.7 Å². The van der Waals surface area contributed by atoms with E-state index < -0.39 is 17.8 Å². The highest BCUT2D eigenvalue weighted by Crippen LogP contribution is 2.37. The van der Waals surface area contributed by atoms with Crippen LogP contribution in [-0.2, 0) is 16.1 Å². The summed E-state index contributed by atoms with van der Waals surface area (Å²) in [6.45, 7) is 1.83. The first-order chi connectivity index (χ1) is 12.0. The van der Waals surface area contributed by atoms with Crippen molar-refractivity contribution in [1.29, 1.82) is 0 Å². The fourth-order valence-electron chi connectivity index (χ4n) is 4.67. The van der Waals surface area contributed by atoms with E-state index >= 15 is 0 Å². The van der Waals surface area contributed by atoms with Crippen LogP contribution in [0, 0.1) is 17.8 Å². The lowest BCUT2D eigenvalue weighted by Gasteiger charge is -2.44. The molecule has 3 aliphatic rings. The van der Waals surface area contributed by atoms with E-state index in [-0.39, 0.29) is 23.3 Å². The van der Waals surface area contributed by atoms with E-state index in [1.165, 1.54) is 0 Å². The Morgan fingerprint density at radius 3 is 2.56 bits per heavy atom. The van der Waals surface area contributed by atoms with Crippen molar-refractivity contribution in [2.24, 2.45) is 17.8 Å². The molecular formula is C19H22N2O4. The number of fused-ring (bicyclic) bond motifs is 4. The van der Waals surface area contributed by atoms with Crippen LogP contribution in [-0.4, -0.2) is 39.5 Å². The lowest BCUT2D eigenvalue weighted by molar-refractivity contribution is -0.151. The van der Waals surface area contributed by atoms with Crippen LogP contribution >= 0.6 is 0 Å². The maximum atomic E-state index is 13.0. The van der Waals surface area contributed by atoms with E-state index in [1.807, 2.05) is 27.7 Å². The molecule has 25 heavy (non-hydrogen) atoms. The average molecular weight is 342 g/mol. The van der Waals surface area contributed by atoms with E-state index in [2.05, 4.69) is 0 Å². The molecule has 0 unspecified atom stereocenters. The lowest BCUT2D eigenvalue weighted by atomic mass is 9.79. The van der Waals surface area contributed by atoms with E-state index in [1.54, 1.807) is 12.1 Å². The molecular weight excluding hydrogens is 320 g/mol. The van der Waals surface area contributed by atoms with Gasteiger partial charge in [0, 0.05) is 37.3 Å². The fraction of sp³-hybridized carbons (Fsp3) is 0.526. The van der Waals surface area contributed by atoms with Crippen molar-refractivity contribution in [3.63, 3.8) is 0 Å². The molecule has 3 heterocycles. The number of carbonyl (C=O) groups excluding carboxylic acids is 1. The van der Waals surface area contributed by atoms with Crippen LogP contribution in [0.25, 0.3) is 0 Å². The summed E-state index contributed by atoms with van der Waals surface area (Å²) in [7, 11) is 0. The highest BCUT2D eigenvalue weighted by Gasteiger charge is 2.41. The third kappa shape index (κ3) is 2.79. The van der Waals surface area contributed by atoms with Crippen molar-refractivity contribution >= 4 is 11.9 Å². The maximum absolute atomic E-state index is 13.0. The number of piperidine rings is 1. The SMILES string of the molecule is O=C(O)[C@H]1CC=CC[C@H]1C(=O)N1C[C@@H]2C[C@@H](C1)c1cccc(=O)n1C2. The van der Waals surface area contributed by atoms with Gasteiger partial charge in [-0.1, -0.05) is 18.2 Å². The number of likely N-dealkylation sites (tertiary alicyclic amines) is 1. The number of carboxylic acids is 1. The number of hydrogen-bond acceptors (Lipinski definition) is 3. The zero-order valence-corrected chi connectivity index (χ0v) is 14.0. The molecule has 1 aromatic rings. The molecule has 1 aliphatic carbocycles. The predicted molar refractivity (Wildman–Crippen MR) is 91.1 cm³/mol. The molecule has 1 amide bonds. The highest BCUT2D eigenvalue weighted by atomic mass is 16.4. The quantitative estimate of drug-likeness (QED) is 0.825. The summed E-state index contributed by atoms with van der Waals surface area (Å²) in [6, 6.07) is 5.33. The summed E-state index contributed by atoms with van der Waals surface area (Å²) in [6.07, 6.45) is 5.68. The van der Waals surface area contributed by atoms with E-state index in [9.17, 15) is 19.5 Å². The van der Waals surface area contributed by atoms with Crippen LogP contribution in [0.4, 0.5) is 0 Å². The Morgan fingerprint density at radius 1 is 1.04 bits per heavy atom. The molecule has 6 nitrogen and oxygen atoms in total. The second kappa shape index (κ2) is 6.17. The Bertz CT molecular complexity index is 797. The van der Waals surface area contributed by atoms with Crippen LogP contribution in [0.5, 0.6) is 0 Å². The smallest absolute Gasteiger partial charge is 0.307 e. The first-order valence-electron chi connectivity index (χ1n) is 8.91. The number of aromatic nitrogens is 1. The number of nitrogens with zero attached hydrogens (tertiary/aromatic N) is 2. The molecule has 1 aromatic heterocycles. The van der Waals surface area contributed by atoms with Gasteiger partial charge in [-0.15, -0.1) is 0 Å². The van der Waals surface area contributed by atoms with Crippen molar-refractivity contribution in [3.05, 3.63) is 46.4 Å². The Balaban J connectivity index is 1.58. The fourth-order valence-corrected chi connectivity index (χ4v) is 4.67. The van der Waals surface area contributed by atoms with Gasteiger partial charge in [-0.3, -0.25) is 14.4 Å². The molecule has 1 saturated heterocycles. The topological polar surface area (TPSA) is 79.6 Å². The van der Waals surface area contributed by atoms with Gasteiger partial charge in [0.05, 0.1) is 11.8 Å². The van der Waals surface area contributed by atoms with Gasteiger partial charge < -0.3 is 14.6 Å². The predicted octanol–water partition coefficient (Wildman–Crippen LogP) is 1.46. The maximum Gasteiger partial charge on any atom is 0.307 e. The van der Waals surface area contributed by atoms with Crippen molar-refractivity contribution < 1.29 is 14.7 Å². The van der Waals surface area contributed by atoms with E-state index in [0.29, 0.717) is 32.5 Å². The number of amides is 1. The average Bonchev–Trinajstić information content (AvgIpc) is 2.62. The van der Waals surface area contributed by atoms with Gasteiger partial charge in [0.25, 0.3) is 5.56 Å². The second-order valence-corrected chi connectivity index (χ2v) is 7.44. The molecule has 0 saturated carbocycles. The third-order valence-electron chi connectivity index (χ3n) is 5.86. The number of allylic oxidation sites excluding steroid dienone is 2. The van der Waals surface area contributed by atoms with Gasteiger partial charge in [-0.2, -0.15) is 0 Å². The third-order valence-corrected chi connectivity index (χ3v) is 5.86. The van der Waals surface area contributed by atoms with E-state index in [4.69, 9.17) is 0 Å². The van der Waals surface area contributed by atoms with Gasteiger partial charge in [0.15, 0.2) is 0 Å². The molecule has 2 bridgehead atoms. The van der Waals surface area contributed by atoms with Crippen molar-refractivity contribution in [1.82, 2.24) is 9.47 Å². The molecule has 6 heteroatoms. The Kier molecular flexibility index (Phi) is 3.98. The standard InChI is InChI=1S/C19H22N2O4/c22-17-7-3-6-16-13-8-12(10-21(16)17)9-20(11-13)18(23)14-4-1-2-5-15(14)19(24)25/h1-3,6-7,12-15H,4-5,8-11H2,(H,24,25)/t12-,13-,14+,15-/m0/s1. The van der Waals surface area contributed by atoms with Crippen molar-refractivity contribution in [3.8, 4) is 0 Å². The summed E-state index contributed by atoms with van der Waals surface area (Å²) in [5.74, 6) is -1.62. The van der Waals surface area contributed by atoms with Crippen LogP contribution in [0.3, 0.4) is 0 Å². The largest absolute Gasteiger partial charge is 0.481 e. The number of carboxylic acid groups (broad SMARTS) is 1. The van der Waals surface area contributed by atoms with Crippen molar-refractivity contribution in [2.75, 3.05) is 13.1 Å². The zero-order chi connectivity index (χ0) is 17.6. The summed E-state index contributed by atoms with van der Waals surface area (Å²) >= 11 is 0. The van der Waals surface area contributed by atoms with E-state index in [0.717, 1.165) is 12.1 Å². The van der Waals surface area contributed by atoms with Gasteiger partial charge in [-0.25, -0.2) is 0 Å². The van der Waals surface area contributed by atoms with Crippen LogP contribution in [0.1, 0.15) is 30.9 Å². The minimum atomic E-state index is -0.892. The van der Waals surface area contributed by atoms with Crippen LogP contribution in [0.2, 0.25) is 0 Å². The first-order valence-corrected chi connectivity index (χ1v) is 8.91. The summed E-state index contributed by atoms with van der Waals surface area (Å²) < 4.78 is 1.84. The molecule has 1 N–H and O–H groups in total. The Morgan fingerprint density at radius 2 is 1.80 bits per heavy atom. The highest BCUT2D eigenvalue weighted by molar-refractivity contribution is 5.85. The molecule has 0 aromatic carbocycles. The number of aliphatic carboxylic acids is 1. The number of rotatable bonds is 2. The van der Waals surface area contributed by atoms with Crippen LogP contribution < -0.4 is 5.56 Å². The number of carbonyl (C=O) groups is 2. The number of hydrogen-bond donors (Lipinski definition) is 1. The molecule has 4 atom stereocenters. The summed E-state index contributed by atoms with van der Waals surface area (Å²) in [4.78, 5) is 38.5. The second-order valence-electron chi connectivity index (χ2n) is 7.44. The molecule has 0 spiro atoms.